The van der Waals surface area contributed by atoms with Crippen molar-refractivity contribution in [1.82, 2.24) is 19.4 Å². The molecule has 1 fully saturated rings. The van der Waals surface area contributed by atoms with E-state index in [1.54, 1.807) is 0 Å². The van der Waals surface area contributed by atoms with E-state index >= 15 is 0 Å². The van der Waals surface area contributed by atoms with Gasteiger partial charge in [-0.25, -0.2) is 4.98 Å². The van der Waals surface area contributed by atoms with Gasteiger partial charge in [0.25, 0.3) is 0 Å². The summed E-state index contributed by atoms with van der Waals surface area (Å²) in [5.41, 5.74) is 2.59. The molecule has 0 aromatic carbocycles. The predicted octanol–water partition coefficient (Wildman–Crippen LogP) is 3.55. The van der Waals surface area contributed by atoms with Gasteiger partial charge in [0, 0.05) is 62.4 Å². The molecule has 0 spiro atoms. The summed E-state index contributed by atoms with van der Waals surface area (Å²) < 4.78 is 8.03. The number of pyridine rings is 1. The lowest BCUT2D eigenvalue weighted by Crippen LogP contribution is -2.33. The normalized spacial score (nSPS) is 22.0. The highest BCUT2D eigenvalue weighted by Crippen LogP contribution is 2.39. The van der Waals surface area contributed by atoms with Crippen molar-refractivity contribution in [3.8, 4) is 0 Å². The van der Waals surface area contributed by atoms with Gasteiger partial charge >= 0.3 is 0 Å². The third-order valence-electron chi connectivity index (χ3n) is 5.84. The van der Waals surface area contributed by atoms with Crippen molar-refractivity contribution < 1.29 is 4.74 Å². The van der Waals surface area contributed by atoms with Crippen molar-refractivity contribution in [3.63, 3.8) is 0 Å². The molecule has 5 nitrogen and oxygen atoms in total. The second kappa shape index (κ2) is 8.31. The first-order valence-electron chi connectivity index (χ1n) is 9.73. The molecule has 142 valence electrons. The molecule has 1 aliphatic rings. The van der Waals surface area contributed by atoms with Crippen molar-refractivity contribution in [1.29, 1.82) is 0 Å². The zero-order valence-electron chi connectivity index (χ0n) is 16.6. The summed E-state index contributed by atoms with van der Waals surface area (Å²) in [5.74, 6) is 1.16. The summed E-state index contributed by atoms with van der Waals surface area (Å²) in [6.45, 7) is 10.2. The molecule has 0 amide bonds. The lowest BCUT2D eigenvalue weighted by molar-refractivity contribution is 0.0462. The van der Waals surface area contributed by atoms with Gasteiger partial charge in [-0.2, -0.15) is 0 Å². The molecule has 3 heterocycles. The SMILES string of the molecule is CCOC[C@]1(CCc2nccn2C)CCN(C(C)c2ccc(C)nc2)C1. The highest BCUT2D eigenvalue weighted by Gasteiger charge is 2.40. The van der Waals surface area contributed by atoms with Crippen molar-refractivity contribution in [2.75, 3.05) is 26.3 Å². The number of aromatic nitrogens is 3. The molecule has 0 radical (unpaired) electrons. The Morgan fingerprint density at radius 1 is 1.31 bits per heavy atom. The van der Waals surface area contributed by atoms with Crippen LogP contribution >= 0.6 is 0 Å². The highest BCUT2D eigenvalue weighted by atomic mass is 16.5. The molecule has 0 N–H and O–H groups in total. The highest BCUT2D eigenvalue weighted by molar-refractivity contribution is 5.17. The van der Waals surface area contributed by atoms with E-state index in [0.29, 0.717) is 6.04 Å². The summed E-state index contributed by atoms with van der Waals surface area (Å²) in [6.07, 6.45) is 9.24. The van der Waals surface area contributed by atoms with Crippen LogP contribution in [0.5, 0.6) is 0 Å². The molecule has 3 rings (SSSR count). The lowest BCUT2D eigenvalue weighted by Gasteiger charge is -2.31. The summed E-state index contributed by atoms with van der Waals surface area (Å²) in [4.78, 5) is 11.6. The van der Waals surface area contributed by atoms with Crippen LogP contribution in [0.3, 0.4) is 0 Å². The van der Waals surface area contributed by atoms with Crippen LogP contribution in [0, 0.1) is 12.3 Å². The topological polar surface area (TPSA) is 43.2 Å². The van der Waals surface area contributed by atoms with E-state index in [2.05, 4.69) is 52.5 Å². The molecule has 2 atom stereocenters. The Balaban J connectivity index is 1.68. The summed E-state index contributed by atoms with van der Waals surface area (Å²) in [5, 5.41) is 0. The van der Waals surface area contributed by atoms with Gasteiger partial charge in [-0.15, -0.1) is 0 Å². The van der Waals surface area contributed by atoms with E-state index in [9.17, 15) is 0 Å². The Morgan fingerprint density at radius 3 is 2.81 bits per heavy atom. The average molecular weight is 357 g/mol. The molecule has 1 aliphatic heterocycles. The maximum absolute atomic E-state index is 5.90. The molecular weight excluding hydrogens is 324 g/mol. The van der Waals surface area contributed by atoms with Gasteiger partial charge in [-0.05, 0) is 51.8 Å². The zero-order valence-corrected chi connectivity index (χ0v) is 16.6. The van der Waals surface area contributed by atoms with Crippen LogP contribution in [0.2, 0.25) is 0 Å². The standard InChI is InChI=1S/C21H32N4O/c1-5-26-16-21(9-8-20-22-11-13-24(20)4)10-12-25(15-21)18(3)19-7-6-17(2)23-14-19/h6-7,11,13-14,18H,5,8-10,12,15-16H2,1-4H3/t18?,21-/m1/s1. The zero-order chi connectivity index (χ0) is 18.6. The summed E-state index contributed by atoms with van der Waals surface area (Å²) in [6, 6.07) is 4.71. The van der Waals surface area contributed by atoms with Gasteiger partial charge < -0.3 is 9.30 Å². The molecule has 1 unspecified atom stereocenters. The predicted molar refractivity (Wildman–Crippen MR) is 104 cm³/mol. The summed E-state index contributed by atoms with van der Waals surface area (Å²) >= 11 is 0. The fourth-order valence-corrected chi connectivity index (χ4v) is 3.96. The van der Waals surface area contributed by atoms with E-state index in [1.165, 1.54) is 12.0 Å². The number of rotatable bonds is 8. The Hall–Kier alpha value is -1.72. The smallest absolute Gasteiger partial charge is 0.108 e. The minimum Gasteiger partial charge on any atom is -0.381 e. The molecule has 0 saturated carbocycles. The van der Waals surface area contributed by atoms with Crippen LogP contribution in [0.1, 0.15) is 49.8 Å². The third kappa shape index (κ3) is 4.33. The molecule has 0 bridgehead atoms. The van der Waals surface area contributed by atoms with Gasteiger partial charge in [0.05, 0.1) is 6.61 Å². The van der Waals surface area contributed by atoms with E-state index in [4.69, 9.17) is 4.74 Å². The third-order valence-corrected chi connectivity index (χ3v) is 5.84. The molecule has 1 saturated heterocycles. The van der Waals surface area contributed by atoms with E-state index in [-0.39, 0.29) is 5.41 Å². The number of likely N-dealkylation sites (tertiary alicyclic amines) is 1. The van der Waals surface area contributed by atoms with Crippen LogP contribution in [0.25, 0.3) is 0 Å². The number of aryl methyl sites for hydroxylation is 3. The minimum absolute atomic E-state index is 0.217. The number of hydrogen-bond donors (Lipinski definition) is 0. The maximum atomic E-state index is 5.90. The van der Waals surface area contributed by atoms with Crippen LogP contribution in [0.4, 0.5) is 0 Å². The Labute approximate surface area is 157 Å². The number of ether oxygens (including phenoxy) is 1. The molecular formula is C21H32N4O. The minimum atomic E-state index is 0.217. The van der Waals surface area contributed by atoms with Crippen LogP contribution in [-0.2, 0) is 18.2 Å². The monoisotopic (exact) mass is 356 g/mol. The van der Waals surface area contributed by atoms with Crippen molar-refractivity contribution in [3.05, 3.63) is 47.8 Å². The van der Waals surface area contributed by atoms with Crippen molar-refractivity contribution >= 4 is 0 Å². The van der Waals surface area contributed by atoms with Crippen molar-refractivity contribution in [2.24, 2.45) is 12.5 Å². The second-order valence-electron chi connectivity index (χ2n) is 7.72. The van der Waals surface area contributed by atoms with E-state index < -0.39 is 0 Å². The average Bonchev–Trinajstić information content (AvgIpc) is 3.25. The number of nitrogens with zero attached hydrogens (tertiary/aromatic N) is 4. The van der Waals surface area contributed by atoms with E-state index in [0.717, 1.165) is 50.7 Å². The molecule has 26 heavy (non-hydrogen) atoms. The fraction of sp³-hybridized carbons (Fsp3) is 0.619. The fourth-order valence-electron chi connectivity index (χ4n) is 3.96. The van der Waals surface area contributed by atoms with Gasteiger partial charge in [0.1, 0.15) is 5.82 Å². The molecule has 0 aliphatic carbocycles. The first kappa shape index (κ1) is 19.1. The lowest BCUT2D eigenvalue weighted by atomic mass is 9.83. The first-order chi connectivity index (χ1) is 12.5. The van der Waals surface area contributed by atoms with Gasteiger partial charge in [-0.1, -0.05) is 6.07 Å². The maximum Gasteiger partial charge on any atom is 0.108 e. The van der Waals surface area contributed by atoms with E-state index in [1.807, 2.05) is 25.5 Å². The van der Waals surface area contributed by atoms with Crippen LogP contribution in [0.15, 0.2) is 30.7 Å². The molecule has 2 aromatic rings. The summed E-state index contributed by atoms with van der Waals surface area (Å²) in [7, 11) is 2.07. The van der Waals surface area contributed by atoms with Gasteiger partial charge in [-0.3, -0.25) is 9.88 Å². The van der Waals surface area contributed by atoms with Crippen molar-refractivity contribution in [2.45, 2.75) is 46.1 Å². The second-order valence-corrected chi connectivity index (χ2v) is 7.72. The van der Waals surface area contributed by atoms with Gasteiger partial charge in [0.2, 0.25) is 0 Å². The molecule has 5 heteroatoms. The quantitative estimate of drug-likeness (QED) is 0.725. The van der Waals surface area contributed by atoms with Crippen LogP contribution < -0.4 is 0 Å². The molecule has 2 aromatic heterocycles. The van der Waals surface area contributed by atoms with Gasteiger partial charge in [0.15, 0.2) is 0 Å². The first-order valence-corrected chi connectivity index (χ1v) is 9.73. The Kier molecular flexibility index (Phi) is 6.09. The number of imidazole rings is 1. The Morgan fingerprint density at radius 2 is 2.15 bits per heavy atom. The number of hydrogen-bond acceptors (Lipinski definition) is 4. The largest absolute Gasteiger partial charge is 0.381 e. The van der Waals surface area contributed by atoms with Crippen LogP contribution in [-0.4, -0.2) is 45.7 Å². The Bertz CT molecular complexity index is 696.